The first kappa shape index (κ1) is 12.3. The second kappa shape index (κ2) is 3.98. The molecule has 0 spiro atoms. The molecule has 2 nitrogen and oxygen atoms in total. The minimum absolute atomic E-state index is 0.280. The van der Waals surface area contributed by atoms with Gasteiger partial charge in [-0.25, -0.2) is 0 Å². The molecular weight excluding hydrogens is 202 g/mol. The molecule has 0 aliphatic carbocycles. The van der Waals surface area contributed by atoms with Gasteiger partial charge in [0.2, 0.25) is 8.32 Å². The van der Waals surface area contributed by atoms with Crippen LogP contribution in [0.2, 0.25) is 19.6 Å². The van der Waals surface area contributed by atoms with Gasteiger partial charge in [0, 0.05) is 5.54 Å². The molecule has 15 heavy (non-hydrogen) atoms. The predicted molar refractivity (Wildman–Crippen MR) is 67.6 cm³/mol. The van der Waals surface area contributed by atoms with E-state index in [1.54, 1.807) is 0 Å². The molecule has 0 radical (unpaired) electrons. The summed E-state index contributed by atoms with van der Waals surface area (Å²) in [6.07, 6.45) is 0. The van der Waals surface area contributed by atoms with Crippen LogP contribution >= 0.6 is 0 Å². The summed E-state index contributed by atoms with van der Waals surface area (Å²) in [5.74, 6) is 0.946. The van der Waals surface area contributed by atoms with Crippen LogP contribution in [0.25, 0.3) is 0 Å². The second-order valence-electron chi connectivity index (χ2n) is 5.46. The summed E-state index contributed by atoms with van der Waals surface area (Å²) in [6, 6.07) is 8.08. The van der Waals surface area contributed by atoms with E-state index in [2.05, 4.69) is 19.6 Å². The fraction of sp³-hybridized carbons (Fsp3) is 0.500. The molecule has 0 aliphatic rings. The van der Waals surface area contributed by atoms with Gasteiger partial charge >= 0.3 is 0 Å². The Balaban J connectivity index is 2.82. The predicted octanol–water partition coefficient (Wildman–Crippen LogP) is 3.09. The Morgan fingerprint density at radius 2 is 1.53 bits per heavy atom. The van der Waals surface area contributed by atoms with E-state index in [1.165, 1.54) is 0 Å². The van der Waals surface area contributed by atoms with Gasteiger partial charge in [0.1, 0.15) is 5.75 Å². The first-order valence-corrected chi connectivity index (χ1v) is 8.68. The third-order valence-electron chi connectivity index (χ3n) is 2.02. The summed E-state index contributed by atoms with van der Waals surface area (Å²) in [4.78, 5) is 0. The van der Waals surface area contributed by atoms with Gasteiger partial charge in [-0.3, -0.25) is 0 Å². The lowest BCUT2D eigenvalue weighted by molar-refractivity contribution is 0.543. The van der Waals surface area contributed by atoms with Gasteiger partial charge in [0.15, 0.2) is 0 Å². The number of hydrogen-bond acceptors (Lipinski definition) is 2. The Labute approximate surface area is 93.6 Å². The average Bonchev–Trinajstić information content (AvgIpc) is 2.00. The highest BCUT2D eigenvalue weighted by atomic mass is 28.4. The van der Waals surface area contributed by atoms with Gasteiger partial charge < -0.3 is 10.2 Å². The van der Waals surface area contributed by atoms with Gasteiger partial charge in [0.05, 0.1) is 0 Å². The zero-order chi connectivity index (χ0) is 11.7. The number of benzene rings is 1. The lowest BCUT2D eigenvalue weighted by Crippen LogP contribution is -2.30. The maximum atomic E-state index is 6.00. The van der Waals surface area contributed by atoms with E-state index in [-0.39, 0.29) is 5.54 Å². The van der Waals surface area contributed by atoms with E-state index >= 15 is 0 Å². The van der Waals surface area contributed by atoms with Crippen molar-refractivity contribution in [3.8, 4) is 5.75 Å². The smallest absolute Gasteiger partial charge is 0.242 e. The highest BCUT2D eigenvalue weighted by Crippen LogP contribution is 2.22. The van der Waals surface area contributed by atoms with Crippen LogP contribution in [0.1, 0.15) is 19.4 Å². The van der Waals surface area contributed by atoms with Crippen molar-refractivity contribution in [2.24, 2.45) is 5.73 Å². The molecule has 0 unspecified atom stereocenters. The third kappa shape index (κ3) is 4.06. The summed E-state index contributed by atoms with van der Waals surface area (Å²) in [5.41, 5.74) is 6.85. The molecule has 3 heteroatoms. The van der Waals surface area contributed by atoms with Gasteiger partial charge in [-0.05, 0) is 51.2 Å². The van der Waals surface area contributed by atoms with Crippen molar-refractivity contribution in [2.45, 2.75) is 39.0 Å². The van der Waals surface area contributed by atoms with Crippen molar-refractivity contribution in [2.75, 3.05) is 0 Å². The highest BCUT2D eigenvalue weighted by Gasteiger charge is 2.17. The molecule has 84 valence electrons. The van der Waals surface area contributed by atoms with Crippen molar-refractivity contribution < 1.29 is 4.43 Å². The molecule has 0 aliphatic heterocycles. The fourth-order valence-electron chi connectivity index (χ4n) is 1.31. The van der Waals surface area contributed by atoms with Crippen molar-refractivity contribution in [3.63, 3.8) is 0 Å². The van der Waals surface area contributed by atoms with Gasteiger partial charge in [-0.2, -0.15) is 0 Å². The normalized spacial score (nSPS) is 12.7. The van der Waals surface area contributed by atoms with Crippen LogP contribution in [-0.2, 0) is 5.54 Å². The van der Waals surface area contributed by atoms with Crippen molar-refractivity contribution in [1.82, 2.24) is 0 Å². The largest absolute Gasteiger partial charge is 0.544 e. The minimum atomic E-state index is -1.49. The third-order valence-corrected chi connectivity index (χ3v) is 2.87. The molecular formula is C12H21NOSi. The van der Waals surface area contributed by atoms with Crippen LogP contribution < -0.4 is 10.2 Å². The van der Waals surface area contributed by atoms with Crippen molar-refractivity contribution in [1.29, 1.82) is 0 Å². The van der Waals surface area contributed by atoms with Crippen LogP contribution in [0, 0.1) is 0 Å². The maximum absolute atomic E-state index is 6.00. The Morgan fingerprint density at radius 3 is 1.87 bits per heavy atom. The molecule has 0 bridgehead atoms. The molecule has 0 saturated heterocycles. The maximum Gasteiger partial charge on any atom is 0.242 e. The molecule has 0 fully saturated rings. The minimum Gasteiger partial charge on any atom is -0.544 e. The quantitative estimate of drug-likeness (QED) is 0.799. The molecule has 1 rings (SSSR count). The monoisotopic (exact) mass is 223 g/mol. The van der Waals surface area contributed by atoms with Crippen LogP contribution in [-0.4, -0.2) is 8.32 Å². The van der Waals surface area contributed by atoms with Crippen LogP contribution in [0.15, 0.2) is 24.3 Å². The molecule has 2 N–H and O–H groups in total. The lowest BCUT2D eigenvalue weighted by atomic mass is 9.96. The molecule has 0 saturated carbocycles. The first-order chi connectivity index (χ1) is 6.68. The number of nitrogens with two attached hydrogens (primary N) is 1. The Morgan fingerprint density at radius 1 is 1.07 bits per heavy atom. The van der Waals surface area contributed by atoms with E-state index in [0.29, 0.717) is 0 Å². The molecule has 1 aromatic rings. The molecule has 0 atom stereocenters. The van der Waals surface area contributed by atoms with Crippen LogP contribution in [0.3, 0.4) is 0 Å². The fourth-order valence-corrected chi connectivity index (χ4v) is 2.15. The molecule has 0 aromatic heterocycles. The van der Waals surface area contributed by atoms with Crippen molar-refractivity contribution >= 4 is 8.32 Å². The second-order valence-corrected chi connectivity index (χ2v) is 9.89. The lowest BCUT2D eigenvalue weighted by Gasteiger charge is -2.22. The molecule has 1 aromatic carbocycles. The number of hydrogen-bond donors (Lipinski definition) is 1. The molecule has 0 amide bonds. The van der Waals surface area contributed by atoms with E-state index in [9.17, 15) is 0 Å². The van der Waals surface area contributed by atoms with Crippen LogP contribution in [0.4, 0.5) is 0 Å². The van der Waals surface area contributed by atoms with Crippen molar-refractivity contribution in [3.05, 3.63) is 29.8 Å². The zero-order valence-corrected chi connectivity index (χ0v) is 11.3. The molecule has 0 heterocycles. The highest BCUT2D eigenvalue weighted by molar-refractivity contribution is 6.70. The Kier molecular flexibility index (Phi) is 3.26. The topological polar surface area (TPSA) is 35.2 Å². The first-order valence-electron chi connectivity index (χ1n) is 5.27. The van der Waals surface area contributed by atoms with Gasteiger partial charge in [-0.1, -0.05) is 12.1 Å². The standard InChI is InChI=1S/C12H21NOSi/c1-12(2,13)10-6-8-11(9-7-10)14-15(3,4)5/h6-9H,13H2,1-5H3. The van der Waals surface area contributed by atoms with E-state index < -0.39 is 8.32 Å². The summed E-state index contributed by atoms with van der Waals surface area (Å²) in [7, 11) is -1.49. The van der Waals surface area contributed by atoms with E-state index in [4.69, 9.17) is 10.2 Å². The van der Waals surface area contributed by atoms with E-state index in [0.717, 1.165) is 11.3 Å². The van der Waals surface area contributed by atoms with Gasteiger partial charge in [-0.15, -0.1) is 0 Å². The van der Waals surface area contributed by atoms with Gasteiger partial charge in [0.25, 0.3) is 0 Å². The van der Waals surface area contributed by atoms with E-state index in [1.807, 2.05) is 38.1 Å². The SMILES string of the molecule is CC(C)(N)c1ccc(O[Si](C)(C)C)cc1. The summed E-state index contributed by atoms with van der Waals surface area (Å²) < 4.78 is 5.87. The average molecular weight is 223 g/mol. The Hall–Kier alpha value is -0.803. The number of rotatable bonds is 3. The Bertz CT molecular complexity index is 319. The summed E-state index contributed by atoms with van der Waals surface area (Å²) in [6.45, 7) is 10.5. The summed E-state index contributed by atoms with van der Waals surface area (Å²) in [5, 5.41) is 0. The summed E-state index contributed by atoms with van der Waals surface area (Å²) >= 11 is 0. The van der Waals surface area contributed by atoms with Crippen LogP contribution in [0.5, 0.6) is 5.75 Å². The zero-order valence-electron chi connectivity index (χ0n) is 10.3.